The van der Waals surface area contributed by atoms with E-state index < -0.39 is 0 Å². The van der Waals surface area contributed by atoms with E-state index in [2.05, 4.69) is 32.9 Å². The molecule has 1 aliphatic heterocycles. The normalized spacial score (nSPS) is 20.8. The monoisotopic (exact) mass is 301 g/mol. The summed E-state index contributed by atoms with van der Waals surface area (Å²) >= 11 is 6.05. The average Bonchev–Trinajstić information content (AvgIpc) is 2.38. The predicted molar refractivity (Wildman–Crippen MR) is 87.0 cm³/mol. The minimum absolute atomic E-state index is 0.00859. The van der Waals surface area contributed by atoms with Crippen molar-refractivity contribution in [1.82, 2.24) is 0 Å². The summed E-state index contributed by atoms with van der Waals surface area (Å²) in [5, 5.41) is 0.703. The number of hydrogen-bond acceptors (Lipinski definition) is 2. The van der Waals surface area contributed by atoms with Crippen LogP contribution in [0.15, 0.2) is 30.3 Å². The van der Waals surface area contributed by atoms with Gasteiger partial charge >= 0.3 is 0 Å². The first-order valence-corrected chi connectivity index (χ1v) is 7.63. The third-order valence-corrected chi connectivity index (χ3v) is 4.40. The molecule has 110 valence electrons. The minimum Gasteiger partial charge on any atom is -0.485 e. The van der Waals surface area contributed by atoms with Crippen molar-refractivity contribution in [2.45, 2.75) is 39.3 Å². The topological polar surface area (TPSA) is 35.2 Å². The molecule has 0 aromatic heterocycles. The van der Waals surface area contributed by atoms with E-state index in [1.807, 2.05) is 18.2 Å². The van der Waals surface area contributed by atoms with Gasteiger partial charge in [-0.3, -0.25) is 0 Å². The Labute approximate surface area is 130 Å². The van der Waals surface area contributed by atoms with Crippen LogP contribution in [-0.4, -0.2) is 0 Å². The van der Waals surface area contributed by atoms with Crippen LogP contribution in [-0.2, 0) is 0 Å². The van der Waals surface area contributed by atoms with E-state index in [0.29, 0.717) is 5.02 Å². The van der Waals surface area contributed by atoms with Crippen molar-refractivity contribution < 1.29 is 4.74 Å². The molecule has 0 fully saturated rings. The Morgan fingerprint density at radius 1 is 1.10 bits per heavy atom. The molecule has 0 saturated carbocycles. The molecule has 2 aromatic rings. The molecule has 3 heteroatoms. The van der Waals surface area contributed by atoms with E-state index in [4.69, 9.17) is 22.1 Å². The predicted octanol–water partition coefficient (Wildman–Crippen LogP) is 4.79. The number of halogens is 1. The van der Waals surface area contributed by atoms with Gasteiger partial charge in [-0.25, -0.2) is 0 Å². The fraction of sp³-hybridized carbons (Fsp3) is 0.333. The summed E-state index contributed by atoms with van der Waals surface area (Å²) in [5.41, 5.74) is 12.4. The molecular weight excluding hydrogens is 282 g/mol. The SMILES string of the molecule is Cc1cc(C)c(C2CC(N)c3cc(Cl)ccc3O2)c(C)c1. The molecule has 0 bridgehead atoms. The first-order chi connectivity index (χ1) is 9.95. The number of fused-ring (bicyclic) bond motifs is 1. The van der Waals surface area contributed by atoms with E-state index >= 15 is 0 Å². The van der Waals surface area contributed by atoms with Crippen LogP contribution >= 0.6 is 11.6 Å². The van der Waals surface area contributed by atoms with E-state index in [9.17, 15) is 0 Å². The second-order valence-corrected chi connectivity index (χ2v) is 6.38. The van der Waals surface area contributed by atoms with Gasteiger partial charge in [0, 0.05) is 23.0 Å². The smallest absolute Gasteiger partial charge is 0.126 e. The Hall–Kier alpha value is -1.51. The van der Waals surface area contributed by atoms with Crippen LogP contribution in [0.2, 0.25) is 5.02 Å². The van der Waals surface area contributed by atoms with E-state index in [-0.39, 0.29) is 12.1 Å². The molecule has 2 atom stereocenters. The van der Waals surface area contributed by atoms with Crippen molar-refractivity contribution in [3.63, 3.8) is 0 Å². The molecule has 1 heterocycles. The van der Waals surface area contributed by atoms with Crippen molar-refractivity contribution in [1.29, 1.82) is 0 Å². The Morgan fingerprint density at radius 2 is 1.76 bits per heavy atom. The van der Waals surface area contributed by atoms with Crippen molar-refractivity contribution in [2.24, 2.45) is 5.73 Å². The van der Waals surface area contributed by atoms with Crippen LogP contribution < -0.4 is 10.5 Å². The zero-order valence-electron chi connectivity index (χ0n) is 12.6. The second-order valence-electron chi connectivity index (χ2n) is 5.94. The maximum absolute atomic E-state index is 6.33. The van der Waals surface area contributed by atoms with Crippen LogP contribution in [0.5, 0.6) is 5.75 Å². The van der Waals surface area contributed by atoms with Crippen LogP contribution in [0.1, 0.15) is 46.4 Å². The zero-order valence-corrected chi connectivity index (χ0v) is 13.4. The molecule has 3 rings (SSSR count). The third-order valence-electron chi connectivity index (χ3n) is 4.17. The van der Waals surface area contributed by atoms with Gasteiger partial charge in [-0.05, 0) is 55.7 Å². The maximum atomic E-state index is 6.33. The van der Waals surface area contributed by atoms with Gasteiger partial charge in [0.05, 0.1) is 0 Å². The van der Waals surface area contributed by atoms with E-state index in [1.165, 1.54) is 22.3 Å². The average molecular weight is 302 g/mol. The Kier molecular flexibility index (Phi) is 3.68. The zero-order chi connectivity index (χ0) is 15.1. The molecular formula is C18H20ClNO. The van der Waals surface area contributed by atoms with Gasteiger partial charge in [-0.15, -0.1) is 0 Å². The van der Waals surface area contributed by atoms with Crippen molar-refractivity contribution in [3.05, 3.63) is 63.2 Å². The molecule has 2 aromatic carbocycles. The van der Waals surface area contributed by atoms with E-state index in [1.54, 1.807) is 0 Å². The highest BCUT2D eigenvalue weighted by molar-refractivity contribution is 6.30. The molecule has 0 amide bonds. The number of rotatable bonds is 1. The summed E-state index contributed by atoms with van der Waals surface area (Å²) in [4.78, 5) is 0. The molecule has 0 radical (unpaired) electrons. The molecule has 2 nitrogen and oxygen atoms in total. The Bertz CT molecular complexity index is 673. The minimum atomic E-state index is -0.0439. The highest BCUT2D eigenvalue weighted by Crippen LogP contribution is 2.42. The van der Waals surface area contributed by atoms with Crippen LogP contribution in [0.4, 0.5) is 0 Å². The number of hydrogen-bond donors (Lipinski definition) is 1. The van der Waals surface area contributed by atoms with Crippen LogP contribution in [0.3, 0.4) is 0 Å². The first-order valence-electron chi connectivity index (χ1n) is 7.25. The van der Waals surface area contributed by atoms with Crippen molar-refractivity contribution in [2.75, 3.05) is 0 Å². The third kappa shape index (κ3) is 2.66. The van der Waals surface area contributed by atoms with Gasteiger partial charge in [0.15, 0.2) is 0 Å². The molecule has 21 heavy (non-hydrogen) atoms. The van der Waals surface area contributed by atoms with Gasteiger partial charge in [0.25, 0.3) is 0 Å². The quantitative estimate of drug-likeness (QED) is 0.822. The highest BCUT2D eigenvalue weighted by Gasteiger charge is 2.29. The molecule has 1 aliphatic rings. The molecule has 0 aliphatic carbocycles. The molecule has 0 spiro atoms. The van der Waals surface area contributed by atoms with Gasteiger partial charge in [0.1, 0.15) is 11.9 Å². The van der Waals surface area contributed by atoms with Gasteiger partial charge in [-0.1, -0.05) is 29.3 Å². The Morgan fingerprint density at radius 3 is 2.43 bits per heavy atom. The molecule has 2 unspecified atom stereocenters. The van der Waals surface area contributed by atoms with Crippen molar-refractivity contribution >= 4 is 11.6 Å². The number of aryl methyl sites for hydroxylation is 3. The summed E-state index contributed by atoms with van der Waals surface area (Å²) in [5.74, 6) is 0.850. The lowest BCUT2D eigenvalue weighted by atomic mass is 9.88. The standard InChI is InChI=1S/C18H20ClNO/c1-10-6-11(2)18(12(3)7-10)17-9-15(20)14-8-13(19)4-5-16(14)21-17/h4-8,15,17H,9,20H2,1-3H3. The van der Waals surface area contributed by atoms with Gasteiger partial charge < -0.3 is 10.5 Å². The summed E-state index contributed by atoms with van der Waals surface area (Å²) < 4.78 is 6.21. The summed E-state index contributed by atoms with van der Waals surface area (Å²) in [7, 11) is 0. The summed E-state index contributed by atoms with van der Waals surface area (Å²) in [6, 6.07) is 10.0. The Balaban J connectivity index is 2.02. The molecule has 0 saturated heterocycles. The largest absolute Gasteiger partial charge is 0.485 e. The first kappa shape index (κ1) is 14.4. The highest BCUT2D eigenvalue weighted by atomic mass is 35.5. The lowest BCUT2D eigenvalue weighted by Crippen LogP contribution is -2.25. The number of ether oxygens (including phenoxy) is 1. The van der Waals surface area contributed by atoms with Crippen LogP contribution in [0, 0.1) is 20.8 Å². The lowest BCUT2D eigenvalue weighted by molar-refractivity contribution is 0.160. The second kappa shape index (κ2) is 5.36. The molecule has 2 N–H and O–H groups in total. The van der Waals surface area contributed by atoms with Crippen LogP contribution in [0.25, 0.3) is 0 Å². The summed E-state index contributed by atoms with van der Waals surface area (Å²) in [6.07, 6.45) is 0.784. The fourth-order valence-electron chi connectivity index (χ4n) is 3.35. The van der Waals surface area contributed by atoms with Gasteiger partial charge in [0.2, 0.25) is 0 Å². The maximum Gasteiger partial charge on any atom is 0.126 e. The summed E-state index contributed by atoms with van der Waals surface area (Å²) in [6.45, 7) is 6.40. The van der Waals surface area contributed by atoms with E-state index in [0.717, 1.165) is 17.7 Å². The van der Waals surface area contributed by atoms with Crippen molar-refractivity contribution in [3.8, 4) is 5.75 Å². The number of nitrogens with two attached hydrogens (primary N) is 1. The fourth-order valence-corrected chi connectivity index (χ4v) is 3.53. The number of benzene rings is 2. The lowest BCUT2D eigenvalue weighted by Gasteiger charge is -2.32. The van der Waals surface area contributed by atoms with Gasteiger partial charge in [-0.2, -0.15) is 0 Å².